The van der Waals surface area contributed by atoms with E-state index in [4.69, 9.17) is 5.11 Å². The molecule has 10 heteroatoms. The molecular weight excluding hydrogens is 421 g/mol. The normalized spacial score (nSPS) is 12.4. The largest absolute Gasteiger partial charge is 0.481 e. The van der Waals surface area contributed by atoms with E-state index in [1.165, 1.54) is 18.3 Å². The van der Waals surface area contributed by atoms with Crippen molar-refractivity contribution in [1.29, 1.82) is 0 Å². The lowest BCUT2D eigenvalue weighted by Gasteiger charge is -2.22. The monoisotopic (exact) mass is 445 g/mol. The fourth-order valence-corrected chi connectivity index (χ4v) is 3.12. The Labute approximate surface area is 183 Å². The van der Waals surface area contributed by atoms with Gasteiger partial charge in [-0.15, -0.1) is 0 Å². The fraction of sp³-hybridized carbons (Fsp3) is 0.318. The molecule has 0 radical (unpaired) electrons. The maximum atomic E-state index is 12.9. The number of rotatable bonds is 11. The quantitative estimate of drug-likeness (QED) is 0.480. The summed E-state index contributed by atoms with van der Waals surface area (Å²) >= 11 is 0. The maximum Gasteiger partial charge on any atom is 0.305 e. The molecule has 3 N–H and O–H groups in total. The lowest BCUT2D eigenvalue weighted by molar-refractivity contribution is -0.140. The zero-order valence-electron chi connectivity index (χ0n) is 17.4. The molecule has 2 unspecified atom stereocenters. The molecule has 9 nitrogen and oxygen atoms in total. The average molecular weight is 445 g/mol. The highest BCUT2D eigenvalue weighted by Gasteiger charge is 2.28. The van der Waals surface area contributed by atoms with Crippen molar-refractivity contribution in [3.63, 3.8) is 0 Å². The SMILES string of the molecule is CCC(C(=O)NC(CC(=O)O)C(=O)CF)n1cccc(NC(=O)Cc2ccccc2)c1=O. The minimum absolute atomic E-state index is 0.0402. The molecular formula is C22H24FN3O6. The highest BCUT2D eigenvalue weighted by atomic mass is 19.1. The number of alkyl halides is 1. The van der Waals surface area contributed by atoms with Crippen LogP contribution in [0, 0.1) is 0 Å². The van der Waals surface area contributed by atoms with E-state index in [2.05, 4.69) is 10.6 Å². The van der Waals surface area contributed by atoms with Crippen LogP contribution in [0.4, 0.5) is 10.1 Å². The third-order valence-corrected chi connectivity index (χ3v) is 4.70. The van der Waals surface area contributed by atoms with Crippen molar-refractivity contribution in [3.05, 3.63) is 64.6 Å². The Kier molecular flexibility index (Phi) is 8.82. The molecule has 0 aliphatic heterocycles. The Hall–Kier alpha value is -3.82. The van der Waals surface area contributed by atoms with Crippen LogP contribution in [0.15, 0.2) is 53.5 Å². The average Bonchev–Trinajstić information content (AvgIpc) is 2.76. The van der Waals surface area contributed by atoms with Gasteiger partial charge in [0.05, 0.1) is 12.8 Å². The molecule has 0 saturated carbocycles. The Morgan fingerprint density at radius 1 is 1.09 bits per heavy atom. The van der Waals surface area contributed by atoms with E-state index in [0.29, 0.717) is 0 Å². The van der Waals surface area contributed by atoms with Crippen molar-refractivity contribution in [3.8, 4) is 0 Å². The number of Topliss-reactive ketones (excluding diaryl/α,β-unsaturated/α-hetero) is 1. The van der Waals surface area contributed by atoms with Crippen molar-refractivity contribution >= 4 is 29.3 Å². The topological polar surface area (TPSA) is 135 Å². The molecule has 0 fully saturated rings. The predicted molar refractivity (Wildman–Crippen MR) is 114 cm³/mol. The van der Waals surface area contributed by atoms with Gasteiger partial charge in [0.25, 0.3) is 5.56 Å². The molecule has 0 bridgehead atoms. The molecule has 0 spiro atoms. The first kappa shape index (κ1) is 24.4. The first-order valence-electron chi connectivity index (χ1n) is 9.92. The second kappa shape index (κ2) is 11.5. The van der Waals surface area contributed by atoms with Gasteiger partial charge in [0, 0.05) is 6.20 Å². The number of hydrogen-bond acceptors (Lipinski definition) is 5. The molecule has 2 aromatic rings. The van der Waals surface area contributed by atoms with Crippen LogP contribution in [0.3, 0.4) is 0 Å². The highest BCUT2D eigenvalue weighted by molar-refractivity contribution is 5.94. The van der Waals surface area contributed by atoms with Crippen molar-refractivity contribution < 1.29 is 28.7 Å². The first-order valence-corrected chi connectivity index (χ1v) is 9.92. The Balaban J connectivity index is 2.20. The summed E-state index contributed by atoms with van der Waals surface area (Å²) in [4.78, 5) is 60.4. The van der Waals surface area contributed by atoms with E-state index in [1.54, 1.807) is 31.2 Å². The summed E-state index contributed by atoms with van der Waals surface area (Å²) in [5, 5.41) is 13.6. The van der Waals surface area contributed by atoms with Gasteiger partial charge in [-0.1, -0.05) is 37.3 Å². The standard InChI is InChI=1S/C22H24FN3O6/c1-2-17(21(31)25-16(12-20(29)30)18(27)13-23)26-10-6-9-15(22(26)32)24-19(28)11-14-7-4-3-5-8-14/h3-10,16-17H,2,11-13H2,1H3,(H,24,28)(H,25,31)(H,29,30). The van der Waals surface area contributed by atoms with Crippen LogP contribution in [0.2, 0.25) is 0 Å². The summed E-state index contributed by atoms with van der Waals surface area (Å²) in [5.74, 6) is -3.69. The van der Waals surface area contributed by atoms with Crippen molar-refractivity contribution in [2.45, 2.75) is 38.3 Å². The molecule has 0 saturated heterocycles. The molecule has 2 rings (SSSR count). The third-order valence-electron chi connectivity index (χ3n) is 4.70. The molecule has 0 aliphatic carbocycles. The van der Waals surface area contributed by atoms with Gasteiger partial charge in [-0.05, 0) is 24.1 Å². The van der Waals surface area contributed by atoms with Crippen LogP contribution in [0.5, 0.6) is 0 Å². The van der Waals surface area contributed by atoms with Crippen LogP contribution in [0.25, 0.3) is 0 Å². The van der Waals surface area contributed by atoms with Crippen LogP contribution >= 0.6 is 0 Å². The van der Waals surface area contributed by atoms with Gasteiger partial charge in [0.15, 0.2) is 5.78 Å². The number of pyridine rings is 1. The molecule has 2 atom stereocenters. The van der Waals surface area contributed by atoms with Gasteiger partial charge in [-0.2, -0.15) is 0 Å². The van der Waals surface area contributed by atoms with Gasteiger partial charge in [0.2, 0.25) is 11.8 Å². The zero-order valence-corrected chi connectivity index (χ0v) is 17.4. The minimum atomic E-state index is -1.55. The molecule has 1 heterocycles. The number of hydrogen-bond donors (Lipinski definition) is 3. The molecule has 1 aromatic carbocycles. The number of ketones is 1. The highest BCUT2D eigenvalue weighted by Crippen LogP contribution is 2.12. The lowest BCUT2D eigenvalue weighted by atomic mass is 10.1. The fourth-order valence-electron chi connectivity index (χ4n) is 3.12. The summed E-state index contributed by atoms with van der Waals surface area (Å²) in [7, 11) is 0. The number of aliphatic carboxylic acids is 1. The summed E-state index contributed by atoms with van der Waals surface area (Å²) in [5.41, 5.74) is 0.0678. The minimum Gasteiger partial charge on any atom is -0.481 e. The van der Waals surface area contributed by atoms with Gasteiger partial charge in [-0.3, -0.25) is 24.0 Å². The predicted octanol–water partition coefficient (Wildman–Crippen LogP) is 1.48. The van der Waals surface area contributed by atoms with E-state index < -0.39 is 54.3 Å². The van der Waals surface area contributed by atoms with Crippen LogP contribution in [-0.4, -0.2) is 46.0 Å². The molecule has 2 amide bonds. The van der Waals surface area contributed by atoms with Crippen LogP contribution in [-0.2, 0) is 25.6 Å². The molecule has 0 aliphatic rings. The van der Waals surface area contributed by atoms with E-state index in [0.717, 1.165) is 10.1 Å². The molecule has 1 aromatic heterocycles. The number of nitrogens with zero attached hydrogens (tertiary/aromatic N) is 1. The number of carbonyl (C=O) groups excluding carboxylic acids is 3. The van der Waals surface area contributed by atoms with Gasteiger partial charge < -0.3 is 20.3 Å². The molecule has 170 valence electrons. The van der Waals surface area contributed by atoms with E-state index in [1.807, 2.05) is 6.07 Å². The number of anilines is 1. The number of carbonyl (C=O) groups is 4. The number of halogens is 1. The number of nitrogens with one attached hydrogen (secondary N) is 2. The Morgan fingerprint density at radius 3 is 2.38 bits per heavy atom. The van der Waals surface area contributed by atoms with Gasteiger partial charge in [0.1, 0.15) is 24.4 Å². The van der Waals surface area contributed by atoms with Crippen molar-refractivity contribution in [2.24, 2.45) is 0 Å². The summed E-state index contributed by atoms with van der Waals surface area (Å²) in [6.45, 7) is 0.179. The number of carboxylic acid groups (broad SMARTS) is 1. The number of aromatic nitrogens is 1. The number of carboxylic acids is 1. The summed E-state index contributed by atoms with van der Waals surface area (Å²) in [6, 6.07) is 9.14. The van der Waals surface area contributed by atoms with E-state index >= 15 is 0 Å². The zero-order chi connectivity index (χ0) is 23.7. The van der Waals surface area contributed by atoms with Gasteiger partial charge >= 0.3 is 5.97 Å². The number of amides is 2. The molecule has 32 heavy (non-hydrogen) atoms. The lowest BCUT2D eigenvalue weighted by Crippen LogP contribution is -2.47. The second-order valence-corrected chi connectivity index (χ2v) is 7.03. The second-order valence-electron chi connectivity index (χ2n) is 7.03. The van der Waals surface area contributed by atoms with Crippen LogP contribution < -0.4 is 16.2 Å². The summed E-state index contributed by atoms with van der Waals surface area (Å²) < 4.78 is 13.8. The van der Waals surface area contributed by atoms with Crippen molar-refractivity contribution in [2.75, 3.05) is 12.0 Å². The van der Waals surface area contributed by atoms with Crippen LogP contribution in [0.1, 0.15) is 31.4 Å². The van der Waals surface area contributed by atoms with E-state index in [-0.39, 0.29) is 18.5 Å². The van der Waals surface area contributed by atoms with Crippen molar-refractivity contribution in [1.82, 2.24) is 9.88 Å². The maximum absolute atomic E-state index is 12.9. The third kappa shape index (κ3) is 6.59. The smallest absolute Gasteiger partial charge is 0.305 e. The van der Waals surface area contributed by atoms with Gasteiger partial charge in [-0.25, -0.2) is 4.39 Å². The van der Waals surface area contributed by atoms with E-state index in [9.17, 15) is 28.4 Å². The first-order chi connectivity index (χ1) is 15.3. The number of benzene rings is 1. The summed E-state index contributed by atoms with van der Waals surface area (Å²) in [6.07, 6.45) is 0.730. The Bertz CT molecular complexity index is 1040. The Morgan fingerprint density at radius 2 is 1.78 bits per heavy atom.